The van der Waals surface area contributed by atoms with E-state index in [4.69, 9.17) is 0 Å². The maximum atomic E-state index is 13.5. The normalized spacial score (nSPS) is 23.1. The van der Waals surface area contributed by atoms with Gasteiger partial charge in [-0.2, -0.15) is 0 Å². The van der Waals surface area contributed by atoms with E-state index in [2.05, 4.69) is 10.6 Å². The highest BCUT2D eigenvalue weighted by Crippen LogP contribution is 2.31. The number of amides is 1. The van der Waals surface area contributed by atoms with Crippen molar-refractivity contribution >= 4 is 11.6 Å². The smallest absolute Gasteiger partial charge is 0.231 e. The second-order valence-corrected chi connectivity index (χ2v) is 4.64. The lowest BCUT2D eigenvalue weighted by molar-refractivity contribution is -0.124. The Balaban J connectivity index is 2.15. The molecule has 1 atom stereocenters. The number of rotatable bonds is 3. The van der Waals surface area contributed by atoms with Crippen molar-refractivity contribution in [3.63, 3.8) is 0 Å². The van der Waals surface area contributed by atoms with Crippen molar-refractivity contribution < 1.29 is 13.6 Å². The van der Waals surface area contributed by atoms with Crippen molar-refractivity contribution in [3.8, 4) is 0 Å². The van der Waals surface area contributed by atoms with E-state index < -0.39 is 17.0 Å². The van der Waals surface area contributed by atoms with Gasteiger partial charge in [0, 0.05) is 12.6 Å². The van der Waals surface area contributed by atoms with Crippen LogP contribution in [0.2, 0.25) is 0 Å². The molecule has 1 unspecified atom stereocenters. The van der Waals surface area contributed by atoms with Crippen LogP contribution in [0.3, 0.4) is 0 Å². The zero-order chi connectivity index (χ0) is 13.2. The molecule has 2 N–H and O–H groups in total. The molecular weight excluding hydrogens is 238 g/mol. The van der Waals surface area contributed by atoms with E-state index in [0.29, 0.717) is 13.0 Å². The van der Waals surface area contributed by atoms with E-state index in [1.54, 1.807) is 0 Å². The van der Waals surface area contributed by atoms with Gasteiger partial charge in [-0.1, -0.05) is 6.92 Å². The predicted octanol–water partition coefficient (Wildman–Crippen LogP) is 2.29. The number of anilines is 1. The van der Waals surface area contributed by atoms with E-state index in [-0.39, 0.29) is 11.6 Å². The fourth-order valence-corrected chi connectivity index (χ4v) is 2.25. The minimum atomic E-state index is -0.749. The van der Waals surface area contributed by atoms with E-state index in [1.165, 1.54) is 6.07 Å². The van der Waals surface area contributed by atoms with E-state index in [9.17, 15) is 13.6 Å². The van der Waals surface area contributed by atoms with Gasteiger partial charge >= 0.3 is 0 Å². The molecule has 1 aromatic carbocycles. The van der Waals surface area contributed by atoms with Gasteiger partial charge in [-0.25, -0.2) is 8.78 Å². The lowest BCUT2D eigenvalue weighted by Crippen LogP contribution is -2.37. The highest BCUT2D eigenvalue weighted by Gasteiger charge is 2.39. The van der Waals surface area contributed by atoms with Crippen LogP contribution in [0.5, 0.6) is 0 Å². The van der Waals surface area contributed by atoms with Crippen LogP contribution in [0.4, 0.5) is 14.5 Å². The Bertz CT molecular complexity index is 456. The summed E-state index contributed by atoms with van der Waals surface area (Å²) in [6, 6.07) is 3.14. The number of halogens is 2. The third kappa shape index (κ3) is 2.36. The molecule has 0 aliphatic carbocycles. The van der Waals surface area contributed by atoms with Gasteiger partial charge in [0.1, 0.15) is 11.6 Å². The zero-order valence-electron chi connectivity index (χ0n) is 10.2. The van der Waals surface area contributed by atoms with Crippen LogP contribution in [0.25, 0.3) is 0 Å². The van der Waals surface area contributed by atoms with Gasteiger partial charge in [-0.15, -0.1) is 0 Å². The van der Waals surface area contributed by atoms with Crippen LogP contribution < -0.4 is 10.6 Å². The molecule has 1 aliphatic heterocycles. The molecule has 1 fully saturated rings. The van der Waals surface area contributed by atoms with Gasteiger partial charge < -0.3 is 10.6 Å². The van der Waals surface area contributed by atoms with Gasteiger partial charge in [-0.05, 0) is 31.5 Å². The van der Waals surface area contributed by atoms with Gasteiger partial charge in [-0.3, -0.25) is 4.79 Å². The second-order valence-electron chi connectivity index (χ2n) is 4.64. The number of carbonyl (C=O) groups is 1. The highest BCUT2D eigenvalue weighted by molar-refractivity contribution is 5.95. The Kier molecular flexibility index (Phi) is 3.61. The molecule has 0 radical (unpaired) electrons. The number of carbonyl (C=O) groups excluding carboxylic acids is 1. The molecule has 1 saturated heterocycles. The second kappa shape index (κ2) is 5.02. The summed E-state index contributed by atoms with van der Waals surface area (Å²) in [7, 11) is 0. The quantitative estimate of drug-likeness (QED) is 0.869. The van der Waals surface area contributed by atoms with Gasteiger partial charge in [0.2, 0.25) is 5.91 Å². The molecule has 3 nitrogen and oxygen atoms in total. The first-order valence-electron chi connectivity index (χ1n) is 6.04. The van der Waals surface area contributed by atoms with Crippen LogP contribution in [0, 0.1) is 17.0 Å². The lowest BCUT2D eigenvalue weighted by atomic mass is 9.83. The van der Waals surface area contributed by atoms with Crippen molar-refractivity contribution in [1.82, 2.24) is 5.32 Å². The van der Waals surface area contributed by atoms with Crippen molar-refractivity contribution in [2.75, 3.05) is 18.4 Å². The monoisotopic (exact) mass is 254 g/mol. The molecule has 18 heavy (non-hydrogen) atoms. The predicted molar refractivity (Wildman–Crippen MR) is 65.2 cm³/mol. The molecule has 0 aromatic heterocycles. The van der Waals surface area contributed by atoms with Crippen molar-refractivity contribution in [1.29, 1.82) is 0 Å². The molecule has 1 aliphatic rings. The molecule has 1 heterocycles. The molecule has 0 spiro atoms. The van der Waals surface area contributed by atoms with Crippen molar-refractivity contribution in [3.05, 3.63) is 29.8 Å². The Morgan fingerprint density at radius 2 is 2.28 bits per heavy atom. The summed E-state index contributed by atoms with van der Waals surface area (Å²) in [5, 5.41) is 5.69. The first kappa shape index (κ1) is 13.0. The SMILES string of the molecule is CCC1(C(=O)Nc2ccc(F)cc2F)CCNC1. The maximum Gasteiger partial charge on any atom is 0.231 e. The summed E-state index contributed by atoms with van der Waals surface area (Å²) in [4.78, 5) is 12.2. The molecular formula is C13H16F2N2O. The summed E-state index contributed by atoms with van der Waals surface area (Å²) >= 11 is 0. The Morgan fingerprint density at radius 1 is 1.50 bits per heavy atom. The Morgan fingerprint density at radius 3 is 2.83 bits per heavy atom. The third-order valence-corrected chi connectivity index (χ3v) is 3.58. The van der Waals surface area contributed by atoms with Crippen LogP contribution >= 0.6 is 0 Å². The molecule has 1 amide bonds. The van der Waals surface area contributed by atoms with Gasteiger partial charge in [0.05, 0.1) is 11.1 Å². The average Bonchev–Trinajstić information content (AvgIpc) is 2.82. The first-order valence-corrected chi connectivity index (χ1v) is 6.04. The molecule has 5 heteroatoms. The molecule has 98 valence electrons. The van der Waals surface area contributed by atoms with Crippen LogP contribution in [-0.4, -0.2) is 19.0 Å². The minimum absolute atomic E-state index is 0.0288. The highest BCUT2D eigenvalue weighted by atomic mass is 19.1. The molecule has 2 rings (SSSR count). The average molecular weight is 254 g/mol. The number of nitrogens with one attached hydrogen (secondary N) is 2. The van der Waals surface area contributed by atoms with Crippen molar-refractivity contribution in [2.45, 2.75) is 19.8 Å². The van der Waals surface area contributed by atoms with Gasteiger partial charge in [0.15, 0.2) is 0 Å². The van der Waals surface area contributed by atoms with Crippen LogP contribution in [0.15, 0.2) is 18.2 Å². The Hall–Kier alpha value is -1.49. The third-order valence-electron chi connectivity index (χ3n) is 3.58. The zero-order valence-corrected chi connectivity index (χ0v) is 10.2. The summed E-state index contributed by atoms with van der Waals surface area (Å²) < 4.78 is 26.2. The summed E-state index contributed by atoms with van der Waals surface area (Å²) in [5.74, 6) is -1.61. The van der Waals surface area contributed by atoms with Crippen LogP contribution in [-0.2, 0) is 4.79 Å². The molecule has 0 bridgehead atoms. The molecule has 1 aromatic rings. The fourth-order valence-electron chi connectivity index (χ4n) is 2.25. The summed E-state index contributed by atoms with van der Waals surface area (Å²) in [6.45, 7) is 3.32. The van der Waals surface area contributed by atoms with Crippen LogP contribution in [0.1, 0.15) is 19.8 Å². The van der Waals surface area contributed by atoms with Crippen molar-refractivity contribution in [2.24, 2.45) is 5.41 Å². The topological polar surface area (TPSA) is 41.1 Å². The number of hydrogen-bond acceptors (Lipinski definition) is 2. The summed E-state index contributed by atoms with van der Waals surface area (Å²) in [5.41, 5.74) is -0.456. The molecule has 0 saturated carbocycles. The van der Waals surface area contributed by atoms with E-state index in [0.717, 1.165) is 25.1 Å². The fraction of sp³-hybridized carbons (Fsp3) is 0.462. The summed E-state index contributed by atoms with van der Waals surface area (Å²) in [6.07, 6.45) is 1.42. The first-order chi connectivity index (χ1) is 8.57. The standard InChI is InChI=1S/C13H16F2N2O/c1-2-13(5-6-16-8-13)12(18)17-11-4-3-9(14)7-10(11)15/h3-4,7,16H,2,5-6,8H2,1H3,(H,17,18). The van der Waals surface area contributed by atoms with E-state index in [1.807, 2.05) is 6.92 Å². The van der Waals surface area contributed by atoms with Gasteiger partial charge in [0.25, 0.3) is 0 Å². The maximum absolute atomic E-state index is 13.5. The number of hydrogen-bond donors (Lipinski definition) is 2. The Labute approximate surface area is 105 Å². The number of benzene rings is 1. The largest absolute Gasteiger partial charge is 0.323 e. The minimum Gasteiger partial charge on any atom is -0.323 e. The lowest BCUT2D eigenvalue weighted by Gasteiger charge is -2.25. The van der Waals surface area contributed by atoms with E-state index >= 15 is 0 Å².